The number of thiophene rings is 1. The summed E-state index contributed by atoms with van der Waals surface area (Å²) < 4.78 is 0. The Morgan fingerprint density at radius 1 is 1.33 bits per heavy atom. The van der Waals surface area contributed by atoms with Crippen LogP contribution >= 0.6 is 11.3 Å². The molecule has 2 aliphatic heterocycles. The van der Waals surface area contributed by atoms with Crippen LogP contribution in [0, 0.1) is 0 Å². The quantitative estimate of drug-likeness (QED) is 0.890. The van der Waals surface area contributed by atoms with E-state index in [1.807, 2.05) is 0 Å². The monoisotopic (exact) mass is 304 g/mol. The second kappa shape index (κ2) is 4.81. The van der Waals surface area contributed by atoms with Crippen LogP contribution in [0.4, 0.5) is 11.8 Å². The van der Waals surface area contributed by atoms with E-state index in [0.717, 1.165) is 48.1 Å². The van der Waals surface area contributed by atoms with Gasteiger partial charge in [-0.15, -0.1) is 11.3 Å². The van der Waals surface area contributed by atoms with Crippen LogP contribution in [0.15, 0.2) is 6.07 Å². The maximum Gasteiger partial charge on any atom is 0.223 e. The predicted octanol–water partition coefficient (Wildman–Crippen LogP) is 2.33. The molecule has 4 rings (SSSR count). The average molecular weight is 304 g/mol. The molecular weight excluding hydrogens is 284 g/mol. The number of anilines is 2. The van der Waals surface area contributed by atoms with E-state index in [1.165, 1.54) is 4.88 Å². The smallest absolute Gasteiger partial charge is 0.223 e. The number of aryl methyl sites for hydroxylation is 1. The van der Waals surface area contributed by atoms with Gasteiger partial charge in [-0.05, 0) is 38.2 Å². The molecule has 2 aromatic rings. The van der Waals surface area contributed by atoms with Gasteiger partial charge in [0.1, 0.15) is 10.6 Å². The van der Waals surface area contributed by atoms with Crippen LogP contribution in [-0.2, 0) is 6.42 Å². The highest BCUT2D eigenvalue weighted by molar-refractivity contribution is 7.18. The summed E-state index contributed by atoms with van der Waals surface area (Å²) in [5, 5.41) is 11.1. The molecule has 6 heteroatoms. The number of aromatic nitrogens is 2. The van der Waals surface area contributed by atoms with Crippen molar-refractivity contribution in [1.29, 1.82) is 0 Å². The van der Waals surface area contributed by atoms with Gasteiger partial charge in [-0.3, -0.25) is 0 Å². The highest BCUT2D eigenvalue weighted by atomic mass is 32.1. The fraction of sp³-hybridized carbons (Fsp3) is 0.600. The van der Waals surface area contributed by atoms with Gasteiger partial charge in [-0.25, -0.2) is 4.98 Å². The molecule has 3 N–H and O–H groups in total. The van der Waals surface area contributed by atoms with Gasteiger partial charge in [0.2, 0.25) is 5.95 Å². The molecule has 112 valence electrons. The molecule has 0 spiro atoms. The normalized spacial score (nSPS) is 28.5. The summed E-state index contributed by atoms with van der Waals surface area (Å²) in [6, 6.07) is 2.99. The molecule has 0 amide bonds. The average Bonchev–Trinajstić information content (AvgIpc) is 2.97. The van der Waals surface area contributed by atoms with Crippen LogP contribution in [0.2, 0.25) is 0 Å². The minimum Gasteiger partial charge on any atom is -0.393 e. The molecule has 2 saturated heterocycles. The zero-order chi connectivity index (χ0) is 14.6. The summed E-state index contributed by atoms with van der Waals surface area (Å²) in [5.41, 5.74) is 5.93. The molecule has 0 aliphatic carbocycles. The first-order valence-corrected chi connectivity index (χ1v) is 8.49. The zero-order valence-corrected chi connectivity index (χ0v) is 12.9. The van der Waals surface area contributed by atoms with E-state index >= 15 is 0 Å². The molecule has 5 nitrogen and oxygen atoms in total. The molecule has 0 aromatic carbocycles. The summed E-state index contributed by atoms with van der Waals surface area (Å²) >= 11 is 1.71. The van der Waals surface area contributed by atoms with Crippen LogP contribution in [0.3, 0.4) is 0 Å². The Hall–Kier alpha value is -1.40. The molecular formula is C15H20N4OS. The van der Waals surface area contributed by atoms with Crippen molar-refractivity contribution >= 4 is 33.3 Å². The van der Waals surface area contributed by atoms with Crippen molar-refractivity contribution in [2.45, 2.75) is 57.2 Å². The van der Waals surface area contributed by atoms with E-state index in [-0.39, 0.29) is 6.10 Å². The number of aliphatic hydroxyl groups excluding tert-OH is 1. The second-order valence-electron chi connectivity index (χ2n) is 6.11. The first-order valence-electron chi connectivity index (χ1n) is 7.68. The highest BCUT2D eigenvalue weighted by Gasteiger charge is 2.41. The lowest BCUT2D eigenvalue weighted by Gasteiger charge is -2.38. The Morgan fingerprint density at radius 3 is 2.71 bits per heavy atom. The Kier molecular flexibility index (Phi) is 3.04. The van der Waals surface area contributed by atoms with E-state index in [1.54, 1.807) is 11.3 Å². The number of piperidine rings is 1. The first kappa shape index (κ1) is 13.3. The van der Waals surface area contributed by atoms with Crippen molar-refractivity contribution in [3.63, 3.8) is 0 Å². The van der Waals surface area contributed by atoms with Crippen LogP contribution in [-0.4, -0.2) is 33.3 Å². The topological polar surface area (TPSA) is 75.3 Å². The lowest BCUT2D eigenvalue weighted by Crippen LogP contribution is -2.45. The van der Waals surface area contributed by atoms with Crippen molar-refractivity contribution in [3.8, 4) is 0 Å². The van der Waals surface area contributed by atoms with Gasteiger partial charge >= 0.3 is 0 Å². The van der Waals surface area contributed by atoms with Gasteiger partial charge in [-0.2, -0.15) is 4.98 Å². The fourth-order valence-corrected chi connectivity index (χ4v) is 4.81. The van der Waals surface area contributed by atoms with Crippen molar-refractivity contribution < 1.29 is 5.11 Å². The van der Waals surface area contributed by atoms with Crippen molar-refractivity contribution in [1.82, 2.24) is 9.97 Å². The molecule has 2 fully saturated rings. The molecule has 0 saturated carbocycles. The van der Waals surface area contributed by atoms with Crippen LogP contribution in [0.1, 0.15) is 37.5 Å². The number of fused-ring (bicyclic) bond motifs is 3. The number of nitrogens with zero attached hydrogens (tertiary/aromatic N) is 3. The van der Waals surface area contributed by atoms with Crippen LogP contribution in [0.25, 0.3) is 10.2 Å². The maximum atomic E-state index is 9.98. The maximum absolute atomic E-state index is 9.98. The minimum absolute atomic E-state index is 0.165. The molecule has 2 unspecified atom stereocenters. The van der Waals surface area contributed by atoms with Crippen LogP contribution in [0.5, 0.6) is 0 Å². The first-order chi connectivity index (χ1) is 10.2. The van der Waals surface area contributed by atoms with E-state index in [0.29, 0.717) is 18.0 Å². The van der Waals surface area contributed by atoms with Gasteiger partial charge < -0.3 is 15.7 Å². The van der Waals surface area contributed by atoms with Crippen molar-refractivity contribution in [2.24, 2.45) is 0 Å². The molecule has 2 atom stereocenters. The lowest BCUT2D eigenvalue weighted by atomic mass is 9.99. The number of nitrogens with two attached hydrogens (primary N) is 1. The van der Waals surface area contributed by atoms with E-state index in [4.69, 9.17) is 5.73 Å². The molecule has 2 bridgehead atoms. The number of hydrogen-bond acceptors (Lipinski definition) is 6. The van der Waals surface area contributed by atoms with Gasteiger partial charge in [-0.1, -0.05) is 6.92 Å². The second-order valence-corrected chi connectivity index (χ2v) is 7.22. The van der Waals surface area contributed by atoms with Crippen LogP contribution < -0.4 is 10.6 Å². The number of rotatable bonds is 2. The summed E-state index contributed by atoms with van der Waals surface area (Å²) in [6.45, 7) is 2.15. The Balaban J connectivity index is 1.84. The minimum atomic E-state index is -0.165. The molecule has 2 aliphatic rings. The van der Waals surface area contributed by atoms with Crippen molar-refractivity contribution in [3.05, 3.63) is 10.9 Å². The lowest BCUT2D eigenvalue weighted by molar-refractivity contribution is 0.126. The van der Waals surface area contributed by atoms with Gasteiger partial charge in [0.15, 0.2) is 0 Å². The summed E-state index contributed by atoms with van der Waals surface area (Å²) in [5.74, 6) is 1.33. The third-order valence-electron chi connectivity index (χ3n) is 4.74. The summed E-state index contributed by atoms with van der Waals surface area (Å²) in [4.78, 5) is 13.7. The standard InChI is InChI=1S/C15H20N4OS/c1-2-11-7-12-13(17-15(16)18-14(12)21-11)19-8-3-4-9(19)6-10(20)5-8/h7-10,20H,2-6H2,1H3,(H2,16,17,18). The third kappa shape index (κ3) is 2.08. The highest BCUT2D eigenvalue weighted by Crippen LogP contribution is 2.42. The molecule has 4 heterocycles. The van der Waals surface area contributed by atoms with Gasteiger partial charge in [0.05, 0.1) is 11.5 Å². The largest absolute Gasteiger partial charge is 0.393 e. The van der Waals surface area contributed by atoms with Gasteiger partial charge in [0.25, 0.3) is 0 Å². The summed E-state index contributed by atoms with van der Waals surface area (Å²) in [7, 11) is 0. The molecule has 21 heavy (non-hydrogen) atoms. The zero-order valence-electron chi connectivity index (χ0n) is 12.1. The predicted molar refractivity (Wildman–Crippen MR) is 85.7 cm³/mol. The number of hydrogen-bond donors (Lipinski definition) is 2. The number of nitrogen functional groups attached to an aromatic ring is 1. The van der Waals surface area contributed by atoms with E-state index < -0.39 is 0 Å². The molecule has 2 aromatic heterocycles. The Bertz CT molecular complexity index is 672. The number of aliphatic hydroxyl groups is 1. The SMILES string of the molecule is CCc1cc2c(N3C4CCC3CC(O)C4)nc(N)nc2s1. The third-order valence-corrected chi connectivity index (χ3v) is 5.92. The Morgan fingerprint density at radius 2 is 2.05 bits per heavy atom. The van der Waals surface area contributed by atoms with E-state index in [9.17, 15) is 5.11 Å². The Labute approximate surface area is 127 Å². The van der Waals surface area contributed by atoms with E-state index in [2.05, 4.69) is 27.9 Å². The summed E-state index contributed by atoms with van der Waals surface area (Å²) in [6.07, 6.45) is 4.79. The van der Waals surface area contributed by atoms with Gasteiger partial charge in [0, 0.05) is 17.0 Å². The molecule has 0 radical (unpaired) electrons. The van der Waals surface area contributed by atoms with Crippen molar-refractivity contribution in [2.75, 3.05) is 10.6 Å². The fourth-order valence-electron chi connectivity index (χ4n) is 3.84.